The monoisotopic (exact) mass is 354 g/mol. The van der Waals surface area contributed by atoms with Gasteiger partial charge in [0.1, 0.15) is 0 Å². The van der Waals surface area contributed by atoms with Crippen LogP contribution in [0.3, 0.4) is 0 Å². The number of aliphatic hydroxyl groups excluding tert-OH is 1. The summed E-state index contributed by atoms with van der Waals surface area (Å²) in [6.07, 6.45) is 0.246. The van der Waals surface area contributed by atoms with Crippen LogP contribution in [0, 0.1) is 11.8 Å². The molecule has 3 atom stereocenters. The Labute approximate surface area is 156 Å². The predicted octanol–water partition coefficient (Wildman–Crippen LogP) is 2.90. The standard InChI is InChI=1S/C22H30N2O2/c1-16(2)19(22(26)24-15-18-11-7-4-8-12-18)14-21(25)20(23)13-17-9-5-3-6-10-17/h3-12,16,19-21,25H,13-15,23H2,1-2H3,(H,24,26)/t19-,20+,21+/m1/s1. The summed E-state index contributed by atoms with van der Waals surface area (Å²) in [5, 5.41) is 13.5. The topological polar surface area (TPSA) is 75.3 Å². The minimum absolute atomic E-state index is 0.0326. The third-order valence-electron chi connectivity index (χ3n) is 4.75. The van der Waals surface area contributed by atoms with Gasteiger partial charge in [-0.05, 0) is 29.9 Å². The van der Waals surface area contributed by atoms with E-state index in [4.69, 9.17) is 5.73 Å². The fourth-order valence-corrected chi connectivity index (χ4v) is 3.06. The van der Waals surface area contributed by atoms with Gasteiger partial charge in [0.15, 0.2) is 0 Å². The number of amides is 1. The highest BCUT2D eigenvalue weighted by Crippen LogP contribution is 2.20. The van der Waals surface area contributed by atoms with Gasteiger partial charge in [0.2, 0.25) is 5.91 Å². The summed E-state index contributed by atoms with van der Waals surface area (Å²) < 4.78 is 0. The van der Waals surface area contributed by atoms with E-state index < -0.39 is 6.10 Å². The van der Waals surface area contributed by atoms with Crippen molar-refractivity contribution >= 4 is 5.91 Å². The van der Waals surface area contributed by atoms with E-state index in [0.29, 0.717) is 19.4 Å². The van der Waals surface area contributed by atoms with Crippen LogP contribution in [0.1, 0.15) is 31.4 Å². The zero-order valence-electron chi connectivity index (χ0n) is 15.6. The maximum Gasteiger partial charge on any atom is 0.223 e. The fourth-order valence-electron chi connectivity index (χ4n) is 3.06. The zero-order valence-corrected chi connectivity index (χ0v) is 15.6. The Morgan fingerprint density at radius 1 is 1.00 bits per heavy atom. The smallest absolute Gasteiger partial charge is 0.223 e. The van der Waals surface area contributed by atoms with Crippen LogP contribution in [0.25, 0.3) is 0 Å². The maximum absolute atomic E-state index is 12.6. The first kappa shape index (κ1) is 20.1. The molecule has 2 aromatic rings. The molecular weight excluding hydrogens is 324 g/mol. The predicted molar refractivity (Wildman–Crippen MR) is 105 cm³/mol. The molecule has 0 bridgehead atoms. The number of carbonyl (C=O) groups excluding carboxylic acids is 1. The van der Waals surface area contributed by atoms with Crippen LogP contribution in [-0.2, 0) is 17.8 Å². The Kier molecular flexibility index (Phi) is 7.82. The highest BCUT2D eigenvalue weighted by atomic mass is 16.3. The van der Waals surface area contributed by atoms with Gasteiger partial charge in [0.25, 0.3) is 0 Å². The van der Waals surface area contributed by atoms with Crippen molar-refractivity contribution in [1.82, 2.24) is 5.32 Å². The van der Waals surface area contributed by atoms with Gasteiger partial charge >= 0.3 is 0 Å². The Morgan fingerprint density at radius 2 is 1.54 bits per heavy atom. The molecule has 140 valence electrons. The van der Waals surface area contributed by atoms with Gasteiger partial charge in [-0.3, -0.25) is 4.79 Å². The van der Waals surface area contributed by atoms with Gasteiger partial charge in [0.05, 0.1) is 6.10 Å². The van der Waals surface area contributed by atoms with E-state index in [2.05, 4.69) is 5.32 Å². The number of hydrogen-bond donors (Lipinski definition) is 3. The summed E-state index contributed by atoms with van der Waals surface area (Å²) in [5.41, 5.74) is 8.33. The SMILES string of the molecule is CC(C)[C@@H](C[C@H](O)[C@@H](N)Cc1ccccc1)C(=O)NCc1ccccc1. The maximum atomic E-state index is 12.6. The van der Waals surface area contributed by atoms with E-state index in [1.165, 1.54) is 0 Å². The van der Waals surface area contributed by atoms with Gasteiger partial charge in [-0.1, -0.05) is 74.5 Å². The summed E-state index contributed by atoms with van der Waals surface area (Å²) in [5.74, 6) is -0.172. The molecule has 0 saturated carbocycles. The molecule has 0 aliphatic rings. The van der Waals surface area contributed by atoms with E-state index in [1.54, 1.807) is 0 Å². The molecule has 4 N–H and O–H groups in total. The summed E-state index contributed by atoms with van der Waals surface area (Å²) in [6, 6.07) is 19.3. The van der Waals surface area contributed by atoms with Gasteiger partial charge < -0.3 is 16.2 Å². The third-order valence-corrected chi connectivity index (χ3v) is 4.75. The van der Waals surface area contributed by atoms with Crippen LogP contribution in [0.2, 0.25) is 0 Å². The van der Waals surface area contributed by atoms with E-state index in [9.17, 15) is 9.90 Å². The largest absolute Gasteiger partial charge is 0.391 e. The Morgan fingerprint density at radius 3 is 2.08 bits per heavy atom. The summed E-state index contributed by atoms with van der Waals surface area (Å²) >= 11 is 0. The molecule has 2 aromatic carbocycles. The third kappa shape index (κ3) is 6.28. The lowest BCUT2D eigenvalue weighted by molar-refractivity contribution is -0.127. The van der Waals surface area contributed by atoms with Gasteiger partial charge in [-0.15, -0.1) is 0 Å². The number of aliphatic hydroxyl groups is 1. The molecule has 0 aromatic heterocycles. The van der Waals surface area contributed by atoms with Crippen molar-refractivity contribution in [2.24, 2.45) is 17.6 Å². The van der Waals surface area contributed by atoms with E-state index in [0.717, 1.165) is 11.1 Å². The van der Waals surface area contributed by atoms with Crippen molar-refractivity contribution in [2.45, 2.75) is 45.4 Å². The molecule has 0 aliphatic heterocycles. The van der Waals surface area contributed by atoms with Crippen molar-refractivity contribution in [1.29, 1.82) is 0 Å². The minimum Gasteiger partial charge on any atom is -0.391 e. The number of benzene rings is 2. The first-order valence-corrected chi connectivity index (χ1v) is 9.26. The van der Waals surface area contributed by atoms with Crippen molar-refractivity contribution in [2.75, 3.05) is 0 Å². The second-order valence-corrected chi connectivity index (χ2v) is 7.21. The molecule has 4 heteroatoms. The average Bonchev–Trinajstić information content (AvgIpc) is 2.65. The summed E-state index contributed by atoms with van der Waals surface area (Å²) in [4.78, 5) is 12.6. The molecule has 0 spiro atoms. The van der Waals surface area contributed by atoms with Gasteiger partial charge in [0, 0.05) is 18.5 Å². The highest BCUT2D eigenvalue weighted by Gasteiger charge is 2.27. The lowest BCUT2D eigenvalue weighted by atomic mass is 9.86. The van der Waals surface area contributed by atoms with Crippen molar-refractivity contribution in [3.63, 3.8) is 0 Å². The molecule has 0 unspecified atom stereocenters. The molecule has 2 rings (SSSR count). The molecule has 0 aliphatic carbocycles. The summed E-state index contributed by atoms with van der Waals surface area (Å²) in [6.45, 7) is 4.50. The van der Waals surface area contributed by atoms with Gasteiger partial charge in [-0.25, -0.2) is 0 Å². The molecule has 4 nitrogen and oxygen atoms in total. The first-order chi connectivity index (χ1) is 12.5. The summed E-state index contributed by atoms with van der Waals surface area (Å²) in [7, 11) is 0. The molecule has 0 heterocycles. The minimum atomic E-state index is -0.718. The van der Waals surface area contributed by atoms with Crippen molar-refractivity contribution in [3.05, 3.63) is 71.8 Å². The van der Waals surface area contributed by atoms with Crippen molar-refractivity contribution < 1.29 is 9.90 Å². The fraction of sp³-hybridized carbons (Fsp3) is 0.409. The Balaban J connectivity index is 1.90. The lowest BCUT2D eigenvalue weighted by Crippen LogP contribution is -2.42. The normalized spacial score (nSPS) is 14.7. The number of nitrogens with one attached hydrogen (secondary N) is 1. The molecular formula is C22H30N2O2. The Hall–Kier alpha value is -2.17. The zero-order chi connectivity index (χ0) is 18.9. The first-order valence-electron chi connectivity index (χ1n) is 9.26. The van der Waals surface area contributed by atoms with E-state index >= 15 is 0 Å². The van der Waals surface area contributed by atoms with Crippen LogP contribution in [-0.4, -0.2) is 23.2 Å². The average molecular weight is 354 g/mol. The van der Waals surface area contributed by atoms with Crippen LogP contribution >= 0.6 is 0 Å². The molecule has 1 amide bonds. The Bertz CT molecular complexity index is 658. The molecule has 26 heavy (non-hydrogen) atoms. The highest BCUT2D eigenvalue weighted by molar-refractivity contribution is 5.78. The van der Waals surface area contributed by atoms with Crippen LogP contribution in [0.5, 0.6) is 0 Å². The van der Waals surface area contributed by atoms with Crippen LogP contribution in [0.4, 0.5) is 0 Å². The second kappa shape index (κ2) is 10.1. The number of nitrogens with two attached hydrogens (primary N) is 1. The molecule has 0 radical (unpaired) electrons. The van der Waals surface area contributed by atoms with Gasteiger partial charge in [-0.2, -0.15) is 0 Å². The second-order valence-electron chi connectivity index (χ2n) is 7.21. The number of rotatable bonds is 9. The number of carbonyl (C=O) groups is 1. The van der Waals surface area contributed by atoms with Crippen LogP contribution < -0.4 is 11.1 Å². The molecule has 0 fully saturated rings. The molecule has 0 saturated heterocycles. The van der Waals surface area contributed by atoms with E-state index in [1.807, 2.05) is 74.5 Å². The van der Waals surface area contributed by atoms with E-state index in [-0.39, 0.29) is 23.8 Å². The quantitative estimate of drug-likeness (QED) is 0.648. The van der Waals surface area contributed by atoms with Crippen LogP contribution in [0.15, 0.2) is 60.7 Å². The van der Waals surface area contributed by atoms with Crippen molar-refractivity contribution in [3.8, 4) is 0 Å². The number of hydrogen-bond acceptors (Lipinski definition) is 3. The lowest BCUT2D eigenvalue weighted by Gasteiger charge is -2.26.